The van der Waals surface area contributed by atoms with E-state index >= 15 is 0 Å². The van der Waals surface area contributed by atoms with Crippen LogP contribution in [0.4, 0.5) is 0 Å². The Labute approximate surface area is 546 Å². The number of rotatable bonds is 51. The van der Waals surface area contributed by atoms with Gasteiger partial charge in [0.1, 0.15) is 6.04 Å². The summed E-state index contributed by atoms with van der Waals surface area (Å²) in [6, 6.07) is -0.851. The van der Waals surface area contributed by atoms with Crippen molar-refractivity contribution in [2.45, 2.75) is 173 Å². The third-order valence-corrected chi connectivity index (χ3v) is 15.0. The van der Waals surface area contributed by atoms with Crippen LogP contribution < -0.4 is 34.0 Å². The van der Waals surface area contributed by atoms with E-state index in [0.29, 0.717) is 71.6 Å². The van der Waals surface area contributed by atoms with Gasteiger partial charge in [0, 0.05) is 202 Å². The lowest BCUT2D eigenvalue weighted by atomic mass is 10.1. The van der Waals surface area contributed by atoms with Crippen molar-refractivity contribution in [2.24, 2.45) is 64.2 Å². The highest BCUT2D eigenvalue weighted by molar-refractivity contribution is 5.87. The van der Waals surface area contributed by atoms with E-state index in [-0.39, 0.29) is 238 Å². The highest BCUT2D eigenvalue weighted by atomic mass is 16.2. The largest absolute Gasteiger partial charge is 0.368 e. The molecule has 0 aromatic carbocycles. The van der Waals surface area contributed by atoms with Crippen molar-refractivity contribution < 1.29 is 52.7 Å². The number of hydrogen-bond donors (Lipinski definition) is 6. The third-order valence-electron chi connectivity index (χ3n) is 15.0. The van der Waals surface area contributed by atoms with Gasteiger partial charge in [0.15, 0.2) is 0 Å². The second-order valence-electron chi connectivity index (χ2n) is 26.6. The van der Waals surface area contributed by atoms with Crippen LogP contribution in [0.2, 0.25) is 0 Å². The van der Waals surface area contributed by atoms with Crippen molar-refractivity contribution in [3.8, 4) is 0 Å². The Hall–Kier alpha value is -5.99. The predicted octanol–water partition coefficient (Wildman–Crippen LogP) is 1.89. The van der Waals surface area contributed by atoms with Crippen molar-refractivity contribution >= 4 is 65.0 Å². The van der Waals surface area contributed by atoms with Gasteiger partial charge >= 0.3 is 0 Å². The summed E-state index contributed by atoms with van der Waals surface area (Å²) in [6.45, 7) is 30.3. The van der Waals surface area contributed by atoms with Crippen molar-refractivity contribution in [3.63, 3.8) is 0 Å². The van der Waals surface area contributed by atoms with Gasteiger partial charge in [-0.05, 0) is 61.3 Å². The summed E-state index contributed by atoms with van der Waals surface area (Å²) < 4.78 is 0. The first-order valence-electron chi connectivity index (χ1n) is 33.7. The Morgan fingerprint density at radius 1 is 0.297 bits per heavy atom. The fourth-order valence-electron chi connectivity index (χ4n) is 10.6. The molecule has 26 heteroatoms. The van der Waals surface area contributed by atoms with Gasteiger partial charge in [0.2, 0.25) is 65.0 Å². The summed E-state index contributed by atoms with van der Waals surface area (Å²) in [5.41, 5.74) is 28.8. The molecule has 1 atom stereocenters. The van der Waals surface area contributed by atoms with E-state index in [0.717, 1.165) is 0 Å². The SMILES string of the molecule is CC(=O)N(CCC(=O)N(CCC(=O)N(CCN)CCC(=O)N(CCC(=O)N(CCC(=O)N(CCN)CCC(=O)N(CCC(=O)N(CCC(=O)N(CCN)CCC(=O)N[C@@H](CCCCN)C(N)=O)CC(C)C)CC(C)C)CC(C)C)CC(C)C)CC(C)C)CC(C)C. The molecule has 11 amide bonds. The molecular weight excluding hydrogens is 1170 g/mol. The monoisotopic (exact) mass is 1290 g/mol. The maximum absolute atomic E-state index is 14.1. The molecule has 0 saturated heterocycles. The van der Waals surface area contributed by atoms with Crippen molar-refractivity contribution in [2.75, 3.05) is 144 Å². The molecule has 0 rings (SSSR count). The molecule has 0 unspecified atom stereocenters. The Kier molecular flexibility index (Phi) is 44.7. The molecule has 0 saturated carbocycles. The molecule has 0 bridgehead atoms. The number of nitrogens with two attached hydrogens (primary N) is 5. The number of unbranched alkanes of at least 4 members (excludes halogenated alkanes) is 1. The van der Waals surface area contributed by atoms with Gasteiger partial charge in [-0.2, -0.15) is 0 Å². The number of hydrogen-bond acceptors (Lipinski definition) is 15. The maximum atomic E-state index is 14.1. The topological polar surface area (TPSA) is 359 Å². The number of primary amides is 1. The van der Waals surface area contributed by atoms with Crippen LogP contribution >= 0.6 is 0 Å². The van der Waals surface area contributed by atoms with Crippen LogP contribution in [-0.4, -0.2) is 259 Å². The highest BCUT2D eigenvalue weighted by Gasteiger charge is 2.28. The van der Waals surface area contributed by atoms with Crippen LogP contribution in [0.1, 0.15) is 167 Å². The fourth-order valence-corrected chi connectivity index (χ4v) is 10.6. The van der Waals surface area contributed by atoms with Gasteiger partial charge in [-0.3, -0.25) is 52.7 Å². The number of carbonyl (C=O) groups excluding carboxylic acids is 11. The summed E-state index contributed by atoms with van der Waals surface area (Å²) in [6.07, 6.45) is 1.65. The number of nitrogens with zero attached hydrogens (tertiary/aromatic N) is 9. The zero-order chi connectivity index (χ0) is 69.3. The zero-order valence-corrected chi connectivity index (χ0v) is 58.5. The lowest BCUT2D eigenvalue weighted by molar-refractivity contribution is -0.139. The van der Waals surface area contributed by atoms with E-state index in [1.807, 2.05) is 83.1 Å². The first-order chi connectivity index (χ1) is 42.8. The summed E-state index contributed by atoms with van der Waals surface area (Å²) in [5.74, 6) is -2.44. The lowest BCUT2D eigenvalue weighted by Crippen LogP contribution is -2.46. The minimum atomic E-state index is -0.851. The van der Waals surface area contributed by atoms with Crippen LogP contribution in [0.3, 0.4) is 0 Å². The highest BCUT2D eigenvalue weighted by Crippen LogP contribution is 2.14. The van der Waals surface area contributed by atoms with E-state index in [1.165, 1.54) is 16.7 Å². The molecule has 0 spiro atoms. The molecule has 0 radical (unpaired) electrons. The van der Waals surface area contributed by atoms with Crippen molar-refractivity contribution in [1.29, 1.82) is 0 Å². The molecule has 0 heterocycles. The first kappa shape index (κ1) is 85.0. The van der Waals surface area contributed by atoms with E-state index in [9.17, 15) is 52.7 Å². The summed E-state index contributed by atoms with van der Waals surface area (Å²) in [4.78, 5) is 162. The zero-order valence-electron chi connectivity index (χ0n) is 58.5. The van der Waals surface area contributed by atoms with Crippen molar-refractivity contribution in [3.05, 3.63) is 0 Å². The normalized spacial score (nSPS) is 11.7. The number of carbonyl (C=O) groups is 11. The second-order valence-corrected chi connectivity index (χ2v) is 26.6. The molecular formula is C65H125N15O11. The van der Waals surface area contributed by atoms with Gasteiger partial charge < -0.3 is 78.1 Å². The Morgan fingerprint density at radius 2 is 0.516 bits per heavy atom. The smallest absolute Gasteiger partial charge is 0.239 e. The molecule has 0 aliphatic carbocycles. The standard InChI is InChI=1S/C65H125N15O11/c1-48(2)42-75(54(13)81)33-20-62(88)76(43-49(3)4)35-22-58(84)73(40-28-68)31-18-60(86)80(47-53(11)12)38-25-64(90)78(45-51(7)8)36-23-59(85)74(41-29-69)32-19-61(87)79(46-52(9)10)37-24-63(89)77(44-50(5)6)34-21-57(83)72(39-27-67)30-17-56(82)71-55(65(70)91)16-14-15-26-66/h48-53,55H,14-47,66-69H2,1-13H3,(H2,70,91)(H,71,82)/t55-/m0/s1. The van der Waals surface area contributed by atoms with Crippen LogP contribution in [0.15, 0.2) is 0 Å². The molecule has 0 aliphatic rings. The molecule has 0 aromatic rings. The van der Waals surface area contributed by atoms with E-state index in [1.54, 1.807) is 34.3 Å². The average Bonchev–Trinajstić information content (AvgIpc) is 3.18. The summed E-state index contributed by atoms with van der Waals surface area (Å²) in [5, 5.41) is 2.65. The Morgan fingerprint density at radius 3 is 0.736 bits per heavy atom. The minimum Gasteiger partial charge on any atom is -0.368 e. The Balaban J connectivity index is 5.92. The van der Waals surface area contributed by atoms with Crippen LogP contribution in [0.5, 0.6) is 0 Å². The minimum absolute atomic E-state index is 0.00202. The molecule has 0 aliphatic heterocycles. The van der Waals surface area contributed by atoms with Gasteiger partial charge in [0.05, 0.1) is 0 Å². The quantitative estimate of drug-likeness (QED) is 0.0474. The average molecular weight is 1290 g/mol. The number of nitrogens with one attached hydrogen (secondary N) is 1. The second kappa shape index (κ2) is 47.8. The molecule has 0 fully saturated rings. The van der Waals surface area contributed by atoms with E-state index < -0.39 is 17.9 Å². The van der Waals surface area contributed by atoms with Crippen LogP contribution in [-0.2, 0) is 52.7 Å². The van der Waals surface area contributed by atoms with Gasteiger partial charge in [0.25, 0.3) is 0 Å². The van der Waals surface area contributed by atoms with Crippen LogP contribution in [0.25, 0.3) is 0 Å². The lowest BCUT2D eigenvalue weighted by Gasteiger charge is -2.30. The van der Waals surface area contributed by atoms with Gasteiger partial charge in [-0.1, -0.05) is 83.1 Å². The summed E-state index contributed by atoms with van der Waals surface area (Å²) >= 11 is 0. The fraction of sp³-hybridized carbons (Fsp3) is 0.831. The molecule has 91 heavy (non-hydrogen) atoms. The van der Waals surface area contributed by atoms with Gasteiger partial charge in [-0.15, -0.1) is 0 Å². The Bertz CT molecular complexity index is 2200. The molecule has 526 valence electrons. The van der Waals surface area contributed by atoms with Crippen LogP contribution in [0, 0.1) is 35.5 Å². The number of amides is 11. The van der Waals surface area contributed by atoms with Gasteiger partial charge in [-0.25, -0.2) is 0 Å². The third kappa shape index (κ3) is 38.6. The predicted molar refractivity (Wildman–Crippen MR) is 357 cm³/mol. The van der Waals surface area contributed by atoms with Crippen molar-refractivity contribution in [1.82, 2.24) is 49.4 Å². The maximum Gasteiger partial charge on any atom is 0.239 e. The summed E-state index contributed by atoms with van der Waals surface area (Å²) in [7, 11) is 0. The molecule has 0 aromatic heterocycles. The molecule has 11 N–H and O–H groups in total. The van der Waals surface area contributed by atoms with E-state index in [2.05, 4.69) is 5.32 Å². The first-order valence-corrected chi connectivity index (χ1v) is 33.7. The molecule has 26 nitrogen and oxygen atoms in total. The van der Waals surface area contributed by atoms with E-state index in [4.69, 9.17) is 28.7 Å².